The second-order valence-corrected chi connectivity index (χ2v) is 5.07. The van der Waals surface area contributed by atoms with Gasteiger partial charge in [-0.05, 0) is 20.3 Å². The van der Waals surface area contributed by atoms with Crippen LogP contribution in [-0.2, 0) is 11.2 Å². The molecule has 0 aliphatic heterocycles. The van der Waals surface area contributed by atoms with Gasteiger partial charge in [0.25, 0.3) is 0 Å². The number of ether oxygens (including phenoxy) is 1. The zero-order chi connectivity index (χ0) is 12.0. The molecule has 0 saturated heterocycles. The van der Waals surface area contributed by atoms with Crippen molar-refractivity contribution in [2.45, 2.75) is 52.2 Å². The number of thiazole rings is 1. The summed E-state index contributed by atoms with van der Waals surface area (Å²) in [5.74, 6) is 0. The molecule has 1 heterocycles. The molecule has 2 unspecified atom stereocenters. The lowest BCUT2D eigenvalue weighted by molar-refractivity contribution is 0.0376. The van der Waals surface area contributed by atoms with E-state index in [0.29, 0.717) is 0 Å². The summed E-state index contributed by atoms with van der Waals surface area (Å²) < 4.78 is 5.67. The van der Waals surface area contributed by atoms with E-state index in [4.69, 9.17) is 10.5 Å². The van der Waals surface area contributed by atoms with Gasteiger partial charge in [-0.15, -0.1) is 11.3 Å². The Kier molecular flexibility index (Phi) is 5.95. The van der Waals surface area contributed by atoms with Crippen LogP contribution in [-0.4, -0.2) is 23.7 Å². The maximum atomic E-state index is 6.17. The van der Waals surface area contributed by atoms with Crippen LogP contribution in [0, 0.1) is 6.92 Å². The molecule has 4 heteroatoms. The van der Waals surface area contributed by atoms with E-state index < -0.39 is 0 Å². The zero-order valence-electron chi connectivity index (χ0n) is 10.4. The SMILES string of the molecule is CCCC(OCC)C(N)Cc1csc(C)n1. The minimum atomic E-state index is 0.0569. The van der Waals surface area contributed by atoms with Crippen molar-refractivity contribution >= 4 is 11.3 Å². The third kappa shape index (κ3) is 4.20. The van der Waals surface area contributed by atoms with Crippen molar-refractivity contribution in [2.75, 3.05) is 6.61 Å². The van der Waals surface area contributed by atoms with Crippen molar-refractivity contribution < 1.29 is 4.74 Å². The average molecular weight is 242 g/mol. The summed E-state index contributed by atoms with van der Waals surface area (Å²) in [5.41, 5.74) is 7.26. The second kappa shape index (κ2) is 6.99. The summed E-state index contributed by atoms with van der Waals surface area (Å²) in [4.78, 5) is 4.44. The molecule has 0 aliphatic carbocycles. The number of hydrogen-bond donors (Lipinski definition) is 1. The number of nitrogens with zero attached hydrogens (tertiary/aromatic N) is 1. The van der Waals surface area contributed by atoms with Gasteiger partial charge < -0.3 is 10.5 Å². The first-order chi connectivity index (χ1) is 7.67. The van der Waals surface area contributed by atoms with E-state index >= 15 is 0 Å². The van der Waals surface area contributed by atoms with Crippen LogP contribution >= 0.6 is 11.3 Å². The Balaban J connectivity index is 2.50. The highest BCUT2D eigenvalue weighted by atomic mass is 32.1. The van der Waals surface area contributed by atoms with E-state index in [1.807, 2.05) is 13.8 Å². The van der Waals surface area contributed by atoms with Crippen LogP contribution in [0.5, 0.6) is 0 Å². The van der Waals surface area contributed by atoms with E-state index in [-0.39, 0.29) is 12.1 Å². The van der Waals surface area contributed by atoms with E-state index in [9.17, 15) is 0 Å². The normalized spacial score (nSPS) is 15.0. The highest BCUT2D eigenvalue weighted by molar-refractivity contribution is 7.09. The van der Waals surface area contributed by atoms with E-state index in [1.54, 1.807) is 11.3 Å². The third-order valence-electron chi connectivity index (χ3n) is 2.54. The first-order valence-electron chi connectivity index (χ1n) is 5.95. The lowest BCUT2D eigenvalue weighted by Crippen LogP contribution is -2.38. The molecule has 0 fully saturated rings. The quantitative estimate of drug-likeness (QED) is 0.799. The standard InChI is InChI=1S/C12H22N2OS/c1-4-6-12(15-5-2)11(13)7-10-8-16-9(3)14-10/h8,11-12H,4-7,13H2,1-3H3. The maximum absolute atomic E-state index is 6.17. The highest BCUT2D eigenvalue weighted by Crippen LogP contribution is 2.13. The maximum Gasteiger partial charge on any atom is 0.0897 e. The predicted molar refractivity (Wildman–Crippen MR) is 68.9 cm³/mol. The molecular formula is C12H22N2OS. The van der Waals surface area contributed by atoms with Crippen molar-refractivity contribution in [1.82, 2.24) is 4.98 Å². The number of nitrogens with two attached hydrogens (primary N) is 1. The molecule has 1 aromatic rings. The summed E-state index contributed by atoms with van der Waals surface area (Å²) in [5, 5.41) is 3.19. The van der Waals surface area contributed by atoms with Crippen molar-refractivity contribution in [3.05, 3.63) is 16.1 Å². The molecule has 0 radical (unpaired) electrons. The number of hydrogen-bond acceptors (Lipinski definition) is 4. The summed E-state index contributed by atoms with van der Waals surface area (Å²) in [7, 11) is 0. The number of aryl methyl sites for hydroxylation is 1. The van der Waals surface area contributed by atoms with Crippen LogP contribution in [0.25, 0.3) is 0 Å². The molecule has 3 nitrogen and oxygen atoms in total. The molecule has 16 heavy (non-hydrogen) atoms. The second-order valence-electron chi connectivity index (χ2n) is 4.01. The van der Waals surface area contributed by atoms with Gasteiger partial charge in [0.05, 0.1) is 16.8 Å². The summed E-state index contributed by atoms with van der Waals surface area (Å²) in [6.45, 7) is 6.92. The van der Waals surface area contributed by atoms with Gasteiger partial charge in [0, 0.05) is 24.4 Å². The van der Waals surface area contributed by atoms with Crippen LogP contribution in [0.2, 0.25) is 0 Å². The fourth-order valence-electron chi connectivity index (χ4n) is 1.79. The molecule has 0 saturated carbocycles. The van der Waals surface area contributed by atoms with Gasteiger partial charge in [0.15, 0.2) is 0 Å². The molecule has 2 atom stereocenters. The summed E-state index contributed by atoms with van der Waals surface area (Å²) in [6.07, 6.45) is 3.11. The summed E-state index contributed by atoms with van der Waals surface area (Å²) in [6, 6.07) is 0.0569. The number of rotatable bonds is 7. The molecule has 0 aromatic carbocycles. The van der Waals surface area contributed by atoms with Crippen LogP contribution < -0.4 is 5.73 Å². The highest BCUT2D eigenvalue weighted by Gasteiger charge is 2.18. The molecule has 0 bridgehead atoms. The predicted octanol–water partition coefficient (Wildman–Crippen LogP) is 2.53. The molecule has 1 aromatic heterocycles. The molecule has 1 rings (SSSR count). The first-order valence-corrected chi connectivity index (χ1v) is 6.83. The Morgan fingerprint density at radius 1 is 1.50 bits per heavy atom. The van der Waals surface area contributed by atoms with Gasteiger partial charge in [-0.3, -0.25) is 0 Å². The van der Waals surface area contributed by atoms with E-state index in [1.165, 1.54) is 0 Å². The molecule has 0 amide bonds. The smallest absolute Gasteiger partial charge is 0.0897 e. The fraction of sp³-hybridized carbons (Fsp3) is 0.750. The van der Waals surface area contributed by atoms with Crippen LogP contribution in [0.4, 0.5) is 0 Å². The monoisotopic (exact) mass is 242 g/mol. The van der Waals surface area contributed by atoms with Gasteiger partial charge in [0.2, 0.25) is 0 Å². The van der Waals surface area contributed by atoms with Crippen molar-refractivity contribution in [2.24, 2.45) is 5.73 Å². The zero-order valence-corrected chi connectivity index (χ0v) is 11.2. The lowest BCUT2D eigenvalue weighted by Gasteiger charge is -2.22. The Morgan fingerprint density at radius 2 is 2.25 bits per heavy atom. The molecule has 2 N–H and O–H groups in total. The first kappa shape index (κ1) is 13.6. The van der Waals surface area contributed by atoms with Gasteiger partial charge in [-0.1, -0.05) is 13.3 Å². The lowest BCUT2D eigenvalue weighted by atomic mass is 10.0. The Morgan fingerprint density at radius 3 is 2.75 bits per heavy atom. The van der Waals surface area contributed by atoms with Crippen molar-refractivity contribution in [3.63, 3.8) is 0 Å². The fourth-order valence-corrected chi connectivity index (χ4v) is 2.42. The van der Waals surface area contributed by atoms with Gasteiger partial charge in [0.1, 0.15) is 0 Å². The Hall–Kier alpha value is -0.450. The van der Waals surface area contributed by atoms with Crippen LogP contribution in [0.1, 0.15) is 37.4 Å². The van der Waals surface area contributed by atoms with E-state index in [2.05, 4.69) is 17.3 Å². The number of aromatic nitrogens is 1. The minimum absolute atomic E-state index is 0.0569. The van der Waals surface area contributed by atoms with Crippen LogP contribution in [0.15, 0.2) is 5.38 Å². The van der Waals surface area contributed by atoms with Gasteiger partial charge in [-0.2, -0.15) is 0 Å². The van der Waals surface area contributed by atoms with E-state index in [0.717, 1.165) is 36.6 Å². The topological polar surface area (TPSA) is 48.1 Å². The third-order valence-corrected chi connectivity index (χ3v) is 3.37. The molecule has 0 spiro atoms. The van der Waals surface area contributed by atoms with Crippen molar-refractivity contribution in [1.29, 1.82) is 0 Å². The van der Waals surface area contributed by atoms with Crippen molar-refractivity contribution in [3.8, 4) is 0 Å². The average Bonchev–Trinajstić information content (AvgIpc) is 2.63. The van der Waals surface area contributed by atoms with Gasteiger partial charge in [-0.25, -0.2) is 4.98 Å². The summed E-state index contributed by atoms with van der Waals surface area (Å²) >= 11 is 1.68. The molecular weight excluding hydrogens is 220 g/mol. The van der Waals surface area contributed by atoms with Crippen LogP contribution in [0.3, 0.4) is 0 Å². The largest absolute Gasteiger partial charge is 0.377 e. The molecule has 0 aliphatic rings. The van der Waals surface area contributed by atoms with Gasteiger partial charge >= 0.3 is 0 Å². The Labute approximate surface area is 102 Å². The Bertz CT molecular complexity index is 295. The minimum Gasteiger partial charge on any atom is -0.377 e. The molecule has 92 valence electrons.